The van der Waals surface area contributed by atoms with Crippen LogP contribution in [0, 0.1) is 0 Å². The number of hydrogen-bond acceptors (Lipinski definition) is 4. The Morgan fingerprint density at radius 1 is 1.33 bits per heavy atom. The highest BCUT2D eigenvalue weighted by Gasteiger charge is 2.26. The van der Waals surface area contributed by atoms with Gasteiger partial charge in [-0.2, -0.15) is 5.10 Å². The zero-order chi connectivity index (χ0) is 16.5. The van der Waals surface area contributed by atoms with Crippen LogP contribution in [-0.2, 0) is 6.54 Å². The fourth-order valence-corrected chi connectivity index (χ4v) is 2.78. The van der Waals surface area contributed by atoms with E-state index < -0.39 is 0 Å². The van der Waals surface area contributed by atoms with Crippen molar-refractivity contribution in [1.29, 1.82) is 0 Å². The van der Waals surface area contributed by atoms with Crippen molar-refractivity contribution in [3.63, 3.8) is 0 Å². The lowest BCUT2D eigenvalue weighted by Gasteiger charge is -2.05. The van der Waals surface area contributed by atoms with Crippen LogP contribution in [0.2, 0.25) is 0 Å². The summed E-state index contributed by atoms with van der Waals surface area (Å²) in [5.74, 6) is 0.565. The van der Waals surface area contributed by atoms with Crippen LogP contribution in [-0.4, -0.2) is 30.9 Å². The SMILES string of the molecule is O=C(NCc1nncn1C1CC1)c1cc(-c2ccc(Br)cc2)n[nH]1. The Morgan fingerprint density at radius 2 is 2.12 bits per heavy atom. The van der Waals surface area contributed by atoms with Crippen LogP contribution in [0.3, 0.4) is 0 Å². The van der Waals surface area contributed by atoms with E-state index in [-0.39, 0.29) is 5.91 Å². The summed E-state index contributed by atoms with van der Waals surface area (Å²) in [6.07, 6.45) is 4.02. The fraction of sp³-hybridized carbons (Fsp3) is 0.250. The highest BCUT2D eigenvalue weighted by atomic mass is 79.9. The summed E-state index contributed by atoms with van der Waals surface area (Å²) in [7, 11) is 0. The Balaban J connectivity index is 1.43. The second-order valence-corrected chi connectivity index (χ2v) is 6.66. The molecule has 1 aliphatic rings. The van der Waals surface area contributed by atoms with Gasteiger partial charge in [0.25, 0.3) is 5.91 Å². The number of aromatic nitrogens is 5. The molecule has 0 aliphatic heterocycles. The van der Waals surface area contributed by atoms with Crippen LogP contribution in [0.25, 0.3) is 11.3 Å². The van der Waals surface area contributed by atoms with Gasteiger partial charge in [0.15, 0.2) is 5.82 Å². The number of nitrogens with one attached hydrogen (secondary N) is 2. The third kappa shape index (κ3) is 3.09. The van der Waals surface area contributed by atoms with Crippen molar-refractivity contribution in [3.8, 4) is 11.3 Å². The van der Waals surface area contributed by atoms with Gasteiger partial charge in [-0.05, 0) is 31.0 Å². The topological polar surface area (TPSA) is 88.5 Å². The average Bonchev–Trinajstić information content (AvgIpc) is 3.12. The molecule has 7 nitrogen and oxygen atoms in total. The molecule has 1 fully saturated rings. The maximum Gasteiger partial charge on any atom is 0.269 e. The van der Waals surface area contributed by atoms with Gasteiger partial charge in [-0.1, -0.05) is 28.1 Å². The molecule has 0 unspecified atom stereocenters. The predicted octanol–water partition coefficient (Wildman–Crippen LogP) is 2.70. The number of hydrogen-bond donors (Lipinski definition) is 2. The Kier molecular flexibility index (Phi) is 3.89. The first kappa shape index (κ1) is 15.1. The molecule has 1 aliphatic carbocycles. The van der Waals surface area contributed by atoms with Crippen molar-refractivity contribution in [2.45, 2.75) is 25.4 Å². The molecule has 8 heteroatoms. The van der Waals surface area contributed by atoms with Crippen molar-refractivity contribution in [2.75, 3.05) is 0 Å². The van der Waals surface area contributed by atoms with Crippen LogP contribution in [0.5, 0.6) is 0 Å². The van der Waals surface area contributed by atoms with E-state index >= 15 is 0 Å². The summed E-state index contributed by atoms with van der Waals surface area (Å²) in [6, 6.07) is 10.00. The number of rotatable bonds is 5. The molecule has 0 atom stereocenters. The fourth-order valence-electron chi connectivity index (χ4n) is 2.51. The molecule has 24 heavy (non-hydrogen) atoms. The number of halogens is 1. The monoisotopic (exact) mass is 386 g/mol. The lowest BCUT2D eigenvalue weighted by atomic mass is 10.1. The first-order chi connectivity index (χ1) is 11.7. The molecule has 3 aromatic rings. The quantitative estimate of drug-likeness (QED) is 0.705. The Labute approximate surface area is 146 Å². The van der Waals surface area contributed by atoms with E-state index in [0.717, 1.165) is 34.4 Å². The van der Waals surface area contributed by atoms with Gasteiger partial charge in [-0.3, -0.25) is 9.89 Å². The van der Waals surface area contributed by atoms with Gasteiger partial charge in [0.1, 0.15) is 12.0 Å². The summed E-state index contributed by atoms with van der Waals surface area (Å²) in [5, 5.41) is 17.8. The van der Waals surface area contributed by atoms with E-state index in [1.807, 2.05) is 28.8 Å². The Morgan fingerprint density at radius 3 is 2.88 bits per heavy atom. The second kappa shape index (κ2) is 6.20. The van der Waals surface area contributed by atoms with Crippen LogP contribution in [0.4, 0.5) is 0 Å². The van der Waals surface area contributed by atoms with Gasteiger partial charge >= 0.3 is 0 Å². The number of H-pyrrole nitrogens is 1. The third-order valence-corrected chi connectivity index (χ3v) is 4.49. The van der Waals surface area contributed by atoms with Crippen LogP contribution in [0.15, 0.2) is 41.1 Å². The molecule has 2 heterocycles. The predicted molar refractivity (Wildman–Crippen MR) is 91.2 cm³/mol. The Bertz CT molecular complexity index is 865. The average molecular weight is 387 g/mol. The van der Waals surface area contributed by atoms with Gasteiger partial charge < -0.3 is 9.88 Å². The second-order valence-electron chi connectivity index (χ2n) is 5.74. The van der Waals surface area contributed by atoms with E-state index in [2.05, 4.69) is 41.6 Å². The van der Waals surface area contributed by atoms with Gasteiger partial charge in [-0.15, -0.1) is 10.2 Å². The molecule has 2 aromatic heterocycles. The lowest BCUT2D eigenvalue weighted by Crippen LogP contribution is -2.25. The van der Waals surface area contributed by atoms with E-state index in [4.69, 9.17) is 0 Å². The smallest absolute Gasteiger partial charge is 0.269 e. The number of amides is 1. The van der Waals surface area contributed by atoms with Crippen molar-refractivity contribution in [2.24, 2.45) is 0 Å². The summed E-state index contributed by atoms with van der Waals surface area (Å²) in [5.41, 5.74) is 2.10. The maximum atomic E-state index is 12.3. The van der Waals surface area contributed by atoms with Crippen molar-refractivity contribution in [1.82, 2.24) is 30.3 Å². The first-order valence-electron chi connectivity index (χ1n) is 7.68. The molecule has 1 saturated carbocycles. The first-order valence-corrected chi connectivity index (χ1v) is 8.48. The molecule has 4 rings (SSSR count). The largest absolute Gasteiger partial charge is 0.343 e. The molecule has 0 spiro atoms. The van der Waals surface area contributed by atoms with Crippen molar-refractivity contribution >= 4 is 21.8 Å². The zero-order valence-electron chi connectivity index (χ0n) is 12.7. The summed E-state index contributed by atoms with van der Waals surface area (Å²) in [6.45, 7) is 0.349. The van der Waals surface area contributed by atoms with Crippen LogP contribution < -0.4 is 5.32 Å². The van der Waals surface area contributed by atoms with Gasteiger partial charge in [0.05, 0.1) is 12.2 Å². The molecular formula is C16H15BrN6O. The standard InChI is InChI=1S/C16H15BrN6O/c17-11-3-1-10(2-4-11)13-7-14(21-20-13)16(24)18-8-15-22-19-9-23(15)12-5-6-12/h1-4,7,9,12H,5-6,8H2,(H,18,24)(H,20,21). The number of benzene rings is 1. The van der Waals surface area contributed by atoms with Gasteiger partial charge in [-0.25, -0.2) is 0 Å². The number of carbonyl (C=O) groups excluding carboxylic acids is 1. The molecule has 0 saturated heterocycles. The van der Waals surface area contributed by atoms with Crippen LogP contribution >= 0.6 is 15.9 Å². The Hall–Kier alpha value is -2.48. The van der Waals surface area contributed by atoms with Gasteiger partial charge in [0.2, 0.25) is 0 Å². The van der Waals surface area contributed by atoms with Crippen molar-refractivity contribution < 1.29 is 4.79 Å². The lowest BCUT2D eigenvalue weighted by molar-refractivity contribution is 0.0944. The van der Waals surface area contributed by atoms with E-state index in [9.17, 15) is 4.79 Å². The molecule has 1 amide bonds. The summed E-state index contributed by atoms with van der Waals surface area (Å²) in [4.78, 5) is 12.3. The highest BCUT2D eigenvalue weighted by Crippen LogP contribution is 2.35. The molecule has 0 radical (unpaired) electrons. The molecular weight excluding hydrogens is 372 g/mol. The third-order valence-electron chi connectivity index (χ3n) is 3.96. The normalized spacial score (nSPS) is 13.9. The minimum Gasteiger partial charge on any atom is -0.343 e. The van der Waals surface area contributed by atoms with E-state index in [1.165, 1.54) is 0 Å². The molecule has 2 N–H and O–H groups in total. The van der Waals surface area contributed by atoms with E-state index in [1.54, 1.807) is 12.4 Å². The minimum atomic E-state index is -0.212. The van der Waals surface area contributed by atoms with E-state index in [0.29, 0.717) is 18.3 Å². The van der Waals surface area contributed by atoms with Crippen molar-refractivity contribution in [3.05, 3.63) is 52.7 Å². The van der Waals surface area contributed by atoms with Crippen LogP contribution in [0.1, 0.15) is 35.2 Å². The number of aromatic amines is 1. The minimum absolute atomic E-state index is 0.212. The number of carbonyl (C=O) groups is 1. The molecule has 1 aromatic carbocycles. The molecule has 0 bridgehead atoms. The maximum absolute atomic E-state index is 12.3. The highest BCUT2D eigenvalue weighted by molar-refractivity contribution is 9.10. The zero-order valence-corrected chi connectivity index (χ0v) is 14.3. The summed E-state index contributed by atoms with van der Waals surface area (Å²) >= 11 is 3.40. The van der Waals surface area contributed by atoms with Gasteiger partial charge in [0, 0.05) is 16.1 Å². The molecule has 122 valence electrons. The number of nitrogens with zero attached hydrogens (tertiary/aromatic N) is 4. The summed E-state index contributed by atoms with van der Waals surface area (Å²) < 4.78 is 3.03.